The largest absolute Gasteiger partial charge is 0.456 e. The van der Waals surface area contributed by atoms with Crippen molar-refractivity contribution in [3.63, 3.8) is 0 Å². The fourth-order valence-corrected chi connectivity index (χ4v) is 5.98. The van der Waals surface area contributed by atoms with Crippen LogP contribution in [0.25, 0.3) is 50.0 Å². The lowest BCUT2D eigenvalue weighted by molar-refractivity contribution is -0.634. The topological polar surface area (TPSA) is 34.8 Å². The van der Waals surface area contributed by atoms with Crippen LogP contribution in [0.3, 0.4) is 0 Å². The molecule has 0 bridgehead atoms. The van der Waals surface area contributed by atoms with Crippen LogP contribution in [0, 0.1) is 13.8 Å². The highest BCUT2D eigenvalue weighted by atomic mass is 16.3. The lowest BCUT2D eigenvalue weighted by Gasteiger charge is -2.19. The van der Waals surface area contributed by atoms with Gasteiger partial charge < -0.3 is 4.42 Å². The van der Waals surface area contributed by atoms with Crippen molar-refractivity contribution in [1.29, 1.82) is 0 Å². The fourth-order valence-electron chi connectivity index (χ4n) is 5.98. The third-order valence-electron chi connectivity index (χ3n) is 7.73. The Balaban J connectivity index is 1.88. The predicted octanol–water partition coefficient (Wildman–Crippen LogP) is 8.28. The molecule has 0 atom stereocenters. The summed E-state index contributed by atoms with van der Waals surface area (Å²) in [5.41, 5.74) is 11.7. The van der Waals surface area contributed by atoms with E-state index in [1.807, 2.05) is 12.4 Å². The van der Waals surface area contributed by atoms with E-state index in [4.69, 9.17) is 4.42 Å². The first-order valence-electron chi connectivity index (χ1n) is 13.2. The van der Waals surface area contributed by atoms with Gasteiger partial charge in [0, 0.05) is 39.9 Å². The number of rotatable bonds is 4. The SMILES string of the molecule is Cc1ccncc1-c1n(-c2c(C(C)C)cc3c(oc4ccccc43)c2C(C)C)c2cccc(C)c2[n+]1C. The quantitative estimate of drug-likeness (QED) is 0.234. The summed E-state index contributed by atoms with van der Waals surface area (Å²) in [6, 6.07) is 19.5. The molecule has 0 spiro atoms. The zero-order valence-electron chi connectivity index (χ0n) is 22.8. The molecule has 0 amide bonds. The minimum atomic E-state index is 0.257. The lowest BCUT2D eigenvalue weighted by Crippen LogP contribution is -2.31. The van der Waals surface area contributed by atoms with Crippen molar-refractivity contribution in [1.82, 2.24) is 9.55 Å². The van der Waals surface area contributed by atoms with Gasteiger partial charge in [0.1, 0.15) is 16.9 Å². The van der Waals surface area contributed by atoms with Crippen LogP contribution in [0.5, 0.6) is 0 Å². The van der Waals surface area contributed by atoms with Crippen LogP contribution in [0.1, 0.15) is 61.8 Å². The molecule has 3 heterocycles. The molecule has 4 nitrogen and oxygen atoms in total. The first-order valence-corrected chi connectivity index (χ1v) is 13.2. The number of aryl methyl sites for hydroxylation is 3. The van der Waals surface area contributed by atoms with Crippen LogP contribution in [-0.4, -0.2) is 9.55 Å². The fraction of sp³-hybridized carbons (Fsp3) is 0.273. The Morgan fingerprint density at radius 2 is 1.65 bits per heavy atom. The van der Waals surface area contributed by atoms with E-state index in [0.29, 0.717) is 5.92 Å². The molecule has 4 heteroatoms. The molecule has 0 N–H and O–H groups in total. The van der Waals surface area contributed by atoms with Crippen molar-refractivity contribution in [2.75, 3.05) is 0 Å². The van der Waals surface area contributed by atoms with Gasteiger partial charge in [0.05, 0.1) is 12.6 Å². The molecule has 0 aliphatic heterocycles. The Morgan fingerprint density at radius 1 is 0.865 bits per heavy atom. The number of hydrogen-bond donors (Lipinski definition) is 0. The van der Waals surface area contributed by atoms with Gasteiger partial charge in [-0.25, -0.2) is 4.57 Å². The molecule has 0 aliphatic rings. The molecule has 6 aromatic rings. The van der Waals surface area contributed by atoms with Crippen LogP contribution in [0.2, 0.25) is 0 Å². The normalized spacial score (nSPS) is 12.1. The average Bonchev–Trinajstić information content (AvgIpc) is 3.38. The minimum absolute atomic E-state index is 0.257. The number of nitrogens with zero attached hydrogens (tertiary/aromatic N) is 3. The molecule has 0 saturated heterocycles. The second kappa shape index (κ2) is 8.58. The monoisotopic (exact) mass is 488 g/mol. The lowest BCUT2D eigenvalue weighted by atomic mass is 9.89. The van der Waals surface area contributed by atoms with Crippen LogP contribution in [0.4, 0.5) is 0 Å². The molecule has 3 aromatic heterocycles. The van der Waals surface area contributed by atoms with Crippen LogP contribution in [0.15, 0.2) is 71.4 Å². The Hall–Kier alpha value is -3.92. The Labute approximate surface area is 218 Å². The van der Waals surface area contributed by atoms with Crippen molar-refractivity contribution < 1.29 is 8.98 Å². The molecule has 3 aromatic carbocycles. The van der Waals surface area contributed by atoms with E-state index in [1.54, 1.807) is 0 Å². The van der Waals surface area contributed by atoms with Gasteiger partial charge in [-0.15, -0.1) is 0 Å². The standard InChI is InChI=1S/C33H34N3O/c1-19(2)24-17-25-23-12-8-9-14-28(23)37-32(25)29(20(3)4)31(24)36-27-13-10-11-22(6)30(27)35(7)33(36)26-18-34-16-15-21(26)5/h8-20H,1-7H3/q+1. The first-order chi connectivity index (χ1) is 17.8. The van der Waals surface area contributed by atoms with Gasteiger partial charge in [-0.2, -0.15) is 4.57 Å². The number of pyridine rings is 1. The second-order valence-electron chi connectivity index (χ2n) is 10.9. The van der Waals surface area contributed by atoms with E-state index >= 15 is 0 Å². The van der Waals surface area contributed by atoms with Crippen LogP contribution < -0.4 is 4.57 Å². The van der Waals surface area contributed by atoms with Crippen molar-refractivity contribution >= 4 is 33.0 Å². The van der Waals surface area contributed by atoms with E-state index in [2.05, 4.69) is 117 Å². The Kier molecular flexibility index (Phi) is 5.45. The van der Waals surface area contributed by atoms with Gasteiger partial charge in [-0.05, 0) is 55.5 Å². The summed E-state index contributed by atoms with van der Waals surface area (Å²) in [6.07, 6.45) is 3.87. The summed E-state index contributed by atoms with van der Waals surface area (Å²) in [5.74, 6) is 1.71. The van der Waals surface area contributed by atoms with E-state index in [-0.39, 0.29) is 5.92 Å². The number of imidazole rings is 1. The van der Waals surface area contributed by atoms with Gasteiger partial charge in [0.15, 0.2) is 11.0 Å². The smallest absolute Gasteiger partial charge is 0.296 e. The molecular formula is C33H34N3O+. The maximum absolute atomic E-state index is 6.62. The third kappa shape index (κ3) is 3.42. The summed E-state index contributed by atoms with van der Waals surface area (Å²) >= 11 is 0. The molecule has 0 saturated carbocycles. The third-order valence-corrected chi connectivity index (χ3v) is 7.73. The molecule has 6 rings (SSSR count). The Bertz CT molecular complexity index is 1820. The maximum atomic E-state index is 6.62. The molecule has 37 heavy (non-hydrogen) atoms. The highest BCUT2D eigenvalue weighted by Gasteiger charge is 2.34. The molecule has 0 unspecified atom stereocenters. The van der Waals surface area contributed by atoms with Gasteiger partial charge in [0.2, 0.25) is 0 Å². The summed E-state index contributed by atoms with van der Waals surface area (Å²) in [6.45, 7) is 13.5. The van der Waals surface area contributed by atoms with Gasteiger partial charge in [-0.1, -0.05) is 58.0 Å². The second-order valence-corrected chi connectivity index (χ2v) is 10.9. The number of hydrogen-bond acceptors (Lipinski definition) is 2. The van der Waals surface area contributed by atoms with Crippen LogP contribution in [-0.2, 0) is 7.05 Å². The predicted molar refractivity (Wildman–Crippen MR) is 153 cm³/mol. The van der Waals surface area contributed by atoms with Crippen molar-refractivity contribution in [2.24, 2.45) is 7.05 Å². The highest BCUT2D eigenvalue weighted by molar-refractivity contribution is 6.07. The highest BCUT2D eigenvalue weighted by Crippen LogP contribution is 2.44. The number of benzene rings is 3. The Morgan fingerprint density at radius 3 is 2.38 bits per heavy atom. The number of aromatic nitrogens is 3. The molecule has 0 radical (unpaired) electrons. The van der Waals surface area contributed by atoms with Crippen molar-refractivity contribution in [3.05, 3.63) is 89.2 Å². The van der Waals surface area contributed by atoms with Crippen molar-refractivity contribution in [3.8, 4) is 17.1 Å². The first kappa shape index (κ1) is 23.5. The summed E-state index contributed by atoms with van der Waals surface area (Å²) < 4.78 is 11.4. The van der Waals surface area contributed by atoms with Gasteiger partial charge in [0.25, 0.3) is 5.82 Å². The maximum Gasteiger partial charge on any atom is 0.296 e. The molecule has 186 valence electrons. The summed E-state index contributed by atoms with van der Waals surface area (Å²) in [4.78, 5) is 4.54. The summed E-state index contributed by atoms with van der Waals surface area (Å²) in [7, 11) is 2.18. The number of para-hydroxylation sites is 2. The minimum Gasteiger partial charge on any atom is -0.456 e. The number of furan rings is 1. The molecule has 0 aliphatic carbocycles. The zero-order chi connectivity index (χ0) is 26.0. The van der Waals surface area contributed by atoms with Crippen molar-refractivity contribution in [2.45, 2.75) is 53.4 Å². The van der Waals surface area contributed by atoms with Gasteiger partial charge in [-0.3, -0.25) is 4.98 Å². The van der Waals surface area contributed by atoms with Gasteiger partial charge >= 0.3 is 0 Å². The van der Waals surface area contributed by atoms with E-state index in [1.165, 1.54) is 49.7 Å². The molecule has 0 fully saturated rings. The average molecular weight is 489 g/mol. The van der Waals surface area contributed by atoms with E-state index in [0.717, 1.165) is 22.6 Å². The van der Waals surface area contributed by atoms with E-state index in [9.17, 15) is 0 Å². The zero-order valence-corrected chi connectivity index (χ0v) is 22.8. The van der Waals surface area contributed by atoms with E-state index < -0.39 is 0 Å². The molecular weight excluding hydrogens is 454 g/mol. The van der Waals surface area contributed by atoms with Crippen LogP contribution >= 0.6 is 0 Å². The number of fused-ring (bicyclic) bond motifs is 4. The summed E-state index contributed by atoms with van der Waals surface area (Å²) in [5, 5.41) is 2.37.